The minimum absolute atomic E-state index is 0.358. The maximum absolute atomic E-state index is 11.1. The molecule has 0 spiro atoms. The van der Waals surface area contributed by atoms with Crippen molar-refractivity contribution in [2.45, 2.75) is 26.2 Å². The van der Waals surface area contributed by atoms with Crippen LogP contribution in [-0.2, 0) is 0 Å². The Hall–Kier alpha value is -2.29. The third kappa shape index (κ3) is 3.85. The van der Waals surface area contributed by atoms with Gasteiger partial charge in [0.25, 0.3) is 0 Å². The average Bonchev–Trinajstić information content (AvgIpc) is 2.49. The lowest BCUT2D eigenvalue weighted by Gasteiger charge is -2.15. The summed E-state index contributed by atoms with van der Waals surface area (Å²) in [6.07, 6.45) is 1.00. The van der Waals surface area contributed by atoms with Crippen LogP contribution in [0.3, 0.4) is 0 Å². The van der Waals surface area contributed by atoms with E-state index >= 15 is 0 Å². The summed E-state index contributed by atoms with van der Waals surface area (Å²) in [4.78, 5) is 11.1. The normalized spacial score (nSPS) is 11.9. The number of carboxylic acid groups (broad SMARTS) is 1. The van der Waals surface area contributed by atoms with Crippen molar-refractivity contribution < 1.29 is 9.90 Å². The van der Waals surface area contributed by atoms with Gasteiger partial charge in [0.05, 0.1) is 5.56 Å². The van der Waals surface area contributed by atoms with Crippen molar-refractivity contribution in [1.82, 2.24) is 0 Å². The molecule has 0 heterocycles. The molecule has 2 aromatic carbocycles. The summed E-state index contributed by atoms with van der Waals surface area (Å²) >= 11 is 0. The van der Waals surface area contributed by atoms with Crippen LogP contribution in [-0.4, -0.2) is 17.6 Å². The standard InChI is InChI=1S/C18H21NO2/c1-13(15-7-4-3-5-8-15)11-12-19-17-10-6-9-16(14(17)2)18(20)21/h3-10,13,19H,11-12H2,1-2H3,(H,20,21). The van der Waals surface area contributed by atoms with Gasteiger partial charge in [0.15, 0.2) is 0 Å². The van der Waals surface area contributed by atoms with E-state index in [0.29, 0.717) is 11.5 Å². The van der Waals surface area contributed by atoms with E-state index in [1.807, 2.05) is 19.1 Å². The van der Waals surface area contributed by atoms with Gasteiger partial charge in [0.2, 0.25) is 0 Å². The Morgan fingerprint density at radius 1 is 1.14 bits per heavy atom. The number of anilines is 1. The molecule has 2 rings (SSSR count). The molecule has 2 aromatic rings. The highest BCUT2D eigenvalue weighted by molar-refractivity contribution is 5.91. The first-order valence-electron chi connectivity index (χ1n) is 7.21. The maximum atomic E-state index is 11.1. The van der Waals surface area contributed by atoms with Crippen molar-refractivity contribution in [3.05, 3.63) is 65.2 Å². The van der Waals surface area contributed by atoms with Crippen molar-refractivity contribution in [3.8, 4) is 0 Å². The van der Waals surface area contributed by atoms with Crippen LogP contribution in [0, 0.1) is 6.92 Å². The van der Waals surface area contributed by atoms with Crippen LogP contribution in [0.5, 0.6) is 0 Å². The van der Waals surface area contributed by atoms with Crippen molar-refractivity contribution in [2.75, 3.05) is 11.9 Å². The summed E-state index contributed by atoms with van der Waals surface area (Å²) in [6, 6.07) is 15.8. The maximum Gasteiger partial charge on any atom is 0.336 e. The number of hydrogen-bond acceptors (Lipinski definition) is 2. The van der Waals surface area contributed by atoms with Gasteiger partial charge in [0, 0.05) is 12.2 Å². The van der Waals surface area contributed by atoms with E-state index in [4.69, 9.17) is 5.11 Å². The lowest BCUT2D eigenvalue weighted by molar-refractivity contribution is 0.0696. The van der Waals surface area contributed by atoms with E-state index in [0.717, 1.165) is 24.2 Å². The molecule has 1 unspecified atom stereocenters. The number of nitrogens with one attached hydrogen (secondary N) is 1. The Morgan fingerprint density at radius 2 is 1.86 bits per heavy atom. The van der Waals surface area contributed by atoms with Gasteiger partial charge in [-0.05, 0) is 42.5 Å². The number of hydrogen-bond donors (Lipinski definition) is 2. The summed E-state index contributed by atoms with van der Waals surface area (Å²) in [5, 5.41) is 12.5. The first-order chi connectivity index (χ1) is 10.1. The fourth-order valence-electron chi connectivity index (χ4n) is 2.43. The van der Waals surface area contributed by atoms with Gasteiger partial charge in [0.1, 0.15) is 0 Å². The second kappa shape index (κ2) is 6.93. The highest BCUT2D eigenvalue weighted by Crippen LogP contribution is 2.21. The molecule has 0 aliphatic rings. The number of carboxylic acids is 1. The Bertz CT molecular complexity index is 608. The SMILES string of the molecule is Cc1c(NCCC(C)c2ccccc2)cccc1C(=O)O. The first kappa shape index (κ1) is 15.1. The van der Waals surface area contributed by atoms with Gasteiger partial charge in [-0.15, -0.1) is 0 Å². The van der Waals surface area contributed by atoms with Crippen LogP contribution in [0.4, 0.5) is 5.69 Å². The third-order valence-corrected chi connectivity index (χ3v) is 3.83. The van der Waals surface area contributed by atoms with Gasteiger partial charge in [-0.3, -0.25) is 0 Å². The highest BCUT2D eigenvalue weighted by atomic mass is 16.4. The van der Waals surface area contributed by atoms with E-state index in [-0.39, 0.29) is 0 Å². The Balaban J connectivity index is 1.95. The van der Waals surface area contributed by atoms with E-state index < -0.39 is 5.97 Å². The number of carbonyl (C=O) groups is 1. The van der Waals surface area contributed by atoms with Gasteiger partial charge in [-0.2, -0.15) is 0 Å². The van der Waals surface area contributed by atoms with Crippen LogP contribution in [0.1, 0.15) is 40.7 Å². The molecule has 3 heteroatoms. The van der Waals surface area contributed by atoms with Crippen molar-refractivity contribution in [3.63, 3.8) is 0 Å². The molecule has 0 aromatic heterocycles. The van der Waals surface area contributed by atoms with Crippen LogP contribution in [0.25, 0.3) is 0 Å². The van der Waals surface area contributed by atoms with Gasteiger partial charge >= 0.3 is 5.97 Å². The van der Waals surface area contributed by atoms with Gasteiger partial charge in [-0.25, -0.2) is 4.79 Å². The van der Waals surface area contributed by atoms with Crippen molar-refractivity contribution >= 4 is 11.7 Å². The summed E-state index contributed by atoms with van der Waals surface area (Å²) in [7, 11) is 0. The molecule has 110 valence electrons. The molecule has 0 bridgehead atoms. The topological polar surface area (TPSA) is 49.3 Å². The quantitative estimate of drug-likeness (QED) is 0.831. The third-order valence-electron chi connectivity index (χ3n) is 3.83. The zero-order chi connectivity index (χ0) is 15.2. The molecule has 0 saturated carbocycles. The molecule has 21 heavy (non-hydrogen) atoms. The highest BCUT2D eigenvalue weighted by Gasteiger charge is 2.10. The van der Waals surface area contributed by atoms with Crippen molar-refractivity contribution in [1.29, 1.82) is 0 Å². The monoisotopic (exact) mass is 283 g/mol. The summed E-state index contributed by atoms with van der Waals surface area (Å²) in [6.45, 7) is 4.87. The van der Waals surface area contributed by atoms with Crippen LogP contribution < -0.4 is 5.32 Å². The molecule has 3 nitrogen and oxygen atoms in total. The zero-order valence-electron chi connectivity index (χ0n) is 12.5. The first-order valence-corrected chi connectivity index (χ1v) is 7.21. The molecule has 0 radical (unpaired) electrons. The Kier molecular flexibility index (Phi) is 4.99. The van der Waals surface area contributed by atoms with E-state index in [1.165, 1.54) is 5.56 Å². The fraction of sp³-hybridized carbons (Fsp3) is 0.278. The molecular formula is C18H21NO2. The summed E-state index contributed by atoms with van der Waals surface area (Å²) in [5.41, 5.74) is 3.37. The predicted molar refractivity (Wildman–Crippen MR) is 86.1 cm³/mol. The minimum Gasteiger partial charge on any atom is -0.478 e. The molecule has 2 N–H and O–H groups in total. The fourth-order valence-corrected chi connectivity index (χ4v) is 2.43. The lowest BCUT2D eigenvalue weighted by atomic mass is 9.98. The van der Waals surface area contributed by atoms with Crippen LogP contribution >= 0.6 is 0 Å². The molecule has 0 fully saturated rings. The second-order valence-electron chi connectivity index (χ2n) is 5.31. The molecule has 1 atom stereocenters. The van der Waals surface area contributed by atoms with E-state index in [2.05, 4.69) is 36.5 Å². The number of aromatic carboxylic acids is 1. The average molecular weight is 283 g/mol. The second-order valence-corrected chi connectivity index (χ2v) is 5.31. The van der Waals surface area contributed by atoms with Gasteiger partial charge in [-0.1, -0.05) is 43.3 Å². The molecule has 0 aliphatic heterocycles. The Morgan fingerprint density at radius 3 is 2.52 bits per heavy atom. The molecule has 0 saturated heterocycles. The molecule has 0 amide bonds. The lowest BCUT2D eigenvalue weighted by Crippen LogP contribution is -2.09. The summed E-state index contributed by atoms with van der Waals surface area (Å²) < 4.78 is 0. The number of benzene rings is 2. The van der Waals surface area contributed by atoms with E-state index in [9.17, 15) is 4.79 Å². The zero-order valence-corrected chi connectivity index (χ0v) is 12.5. The summed E-state index contributed by atoms with van der Waals surface area (Å²) in [5.74, 6) is -0.407. The Labute approximate surface area is 125 Å². The van der Waals surface area contributed by atoms with Crippen LogP contribution in [0.2, 0.25) is 0 Å². The molecular weight excluding hydrogens is 262 g/mol. The molecule has 0 aliphatic carbocycles. The minimum atomic E-state index is -0.881. The van der Waals surface area contributed by atoms with Crippen molar-refractivity contribution in [2.24, 2.45) is 0 Å². The van der Waals surface area contributed by atoms with Gasteiger partial charge < -0.3 is 10.4 Å². The largest absolute Gasteiger partial charge is 0.478 e. The number of rotatable bonds is 6. The predicted octanol–water partition coefficient (Wildman–Crippen LogP) is 4.30. The van der Waals surface area contributed by atoms with Crippen LogP contribution in [0.15, 0.2) is 48.5 Å². The van der Waals surface area contributed by atoms with E-state index in [1.54, 1.807) is 12.1 Å². The smallest absolute Gasteiger partial charge is 0.336 e.